The Bertz CT molecular complexity index is 1160. The molecule has 0 amide bonds. The fraction of sp³-hybridized carbons (Fsp3) is 0.385. The maximum atomic E-state index is 14.1. The molecule has 3 aromatic rings. The van der Waals surface area contributed by atoms with Gasteiger partial charge in [0.15, 0.2) is 0 Å². The normalized spacial score (nSPS) is 19.7. The molecule has 0 spiro atoms. The number of likely N-dealkylation sites (tertiary alicyclic amines) is 1. The summed E-state index contributed by atoms with van der Waals surface area (Å²) in [7, 11) is 0. The standard InChI is InChI=1S/C26H27F4N5/c27-20-5-1-17(2-6-20)22-24(31)32-16-33-25(22)34-12-9-19(10-13-34)23(18-3-7-21(28)8-4-18)35-14-11-26(29,30)15-35/h1-8,16,19,23H,9-15H2,(H2,31,32,33). The first-order chi connectivity index (χ1) is 16.8. The van der Waals surface area contributed by atoms with Crippen LogP contribution < -0.4 is 10.6 Å². The minimum Gasteiger partial charge on any atom is -0.383 e. The van der Waals surface area contributed by atoms with Crippen molar-refractivity contribution >= 4 is 11.6 Å². The zero-order valence-electron chi connectivity index (χ0n) is 19.2. The van der Waals surface area contributed by atoms with Crippen molar-refractivity contribution in [3.63, 3.8) is 0 Å². The largest absolute Gasteiger partial charge is 0.383 e. The van der Waals surface area contributed by atoms with Gasteiger partial charge in [0.1, 0.15) is 29.6 Å². The topological polar surface area (TPSA) is 58.3 Å². The summed E-state index contributed by atoms with van der Waals surface area (Å²) in [4.78, 5) is 12.6. The third-order valence-corrected chi connectivity index (χ3v) is 7.08. The molecule has 1 aromatic heterocycles. The summed E-state index contributed by atoms with van der Waals surface area (Å²) in [5, 5.41) is 0. The van der Waals surface area contributed by atoms with E-state index in [1.54, 1.807) is 24.3 Å². The third-order valence-electron chi connectivity index (χ3n) is 7.08. The highest BCUT2D eigenvalue weighted by atomic mass is 19.3. The lowest BCUT2D eigenvalue weighted by Crippen LogP contribution is -2.41. The molecule has 5 rings (SSSR count). The van der Waals surface area contributed by atoms with Gasteiger partial charge in [-0.1, -0.05) is 24.3 Å². The van der Waals surface area contributed by atoms with Crippen LogP contribution in [0.3, 0.4) is 0 Å². The number of aromatic nitrogens is 2. The molecule has 2 aromatic carbocycles. The maximum Gasteiger partial charge on any atom is 0.261 e. The summed E-state index contributed by atoms with van der Waals surface area (Å²) < 4.78 is 55.2. The second-order valence-corrected chi connectivity index (χ2v) is 9.36. The van der Waals surface area contributed by atoms with Crippen molar-refractivity contribution in [2.45, 2.75) is 31.2 Å². The van der Waals surface area contributed by atoms with Gasteiger partial charge in [-0.2, -0.15) is 0 Å². The highest BCUT2D eigenvalue weighted by molar-refractivity contribution is 5.84. The van der Waals surface area contributed by atoms with Crippen LogP contribution in [-0.2, 0) is 0 Å². The van der Waals surface area contributed by atoms with Crippen LogP contribution in [0, 0.1) is 17.6 Å². The molecule has 184 valence electrons. The maximum absolute atomic E-state index is 14.1. The number of rotatable bonds is 5. The quantitative estimate of drug-likeness (QED) is 0.497. The molecule has 2 fully saturated rings. The van der Waals surface area contributed by atoms with E-state index in [0.717, 1.165) is 24.0 Å². The van der Waals surface area contributed by atoms with E-state index in [-0.39, 0.29) is 36.6 Å². The minimum absolute atomic E-state index is 0.124. The first kappa shape index (κ1) is 23.5. The van der Waals surface area contributed by atoms with Crippen LogP contribution in [0.5, 0.6) is 0 Å². The van der Waals surface area contributed by atoms with Crippen LogP contribution >= 0.6 is 0 Å². The minimum atomic E-state index is -2.71. The number of piperidine rings is 1. The van der Waals surface area contributed by atoms with Crippen LogP contribution in [0.15, 0.2) is 54.9 Å². The monoisotopic (exact) mass is 485 g/mol. The average molecular weight is 486 g/mol. The predicted octanol–water partition coefficient (Wildman–Crippen LogP) is 5.30. The smallest absolute Gasteiger partial charge is 0.261 e. The van der Waals surface area contributed by atoms with Gasteiger partial charge < -0.3 is 10.6 Å². The fourth-order valence-electron chi connectivity index (χ4n) is 5.39. The van der Waals surface area contributed by atoms with Gasteiger partial charge in [0, 0.05) is 32.1 Å². The van der Waals surface area contributed by atoms with E-state index >= 15 is 0 Å². The van der Waals surface area contributed by atoms with Gasteiger partial charge in [-0.3, -0.25) is 4.90 Å². The SMILES string of the molecule is Nc1ncnc(N2CCC(C(c3ccc(F)cc3)N3CCC(F)(F)C3)CC2)c1-c1ccc(F)cc1. The van der Waals surface area contributed by atoms with Crippen molar-refractivity contribution in [3.05, 3.63) is 72.1 Å². The third kappa shape index (κ3) is 4.96. The summed E-state index contributed by atoms with van der Waals surface area (Å²) >= 11 is 0. The van der Waals surface area contributed by atoms with Crippen LogP contribution in [0.25, 0.3) is 11.1 Å². The van der Waals surface area contributed by atoms with Crippen LogP contribution in [0.2, 0.25) is 0 Å². The van der Waals surface area contributed by atoms with E-state index in [4.69, 9.17) is 5.73 Å². The van der Waals surface area contributed by atoms with Gasteiger partial charge >= 0.3 is 0 Å². The lowest BCUT2D eigenvalue weighted by atomic mass is 9.84. The molecule has 2 saturated heterocycles. The van der Waals surface area contributed by atoms with Crippen molar-refractivity contribution in [1.29, 1.82) is 0 Å². The summed E-state index contributed by atoms with van der Waals surface area (Å²) in [5.74, 6) is -2.28. The molecule has 2 aliphatic rings. The predicted molar refractivity (Wildman–Crippen MR) is 127 cm³/mol. The van der Waals surface area contributed by atoms with Gasteiger partial charge in [-0.05, 0) is 54.2 Å². The summed E-state index contributed by atoms with van der Waals surface area (Å²) in [6.45, 7) is 1.33. The van der Waals surface area contributed by atoms with E-state index in [1.165, 1.54) is 30.6 Å². The fourth-order valence-corrected chi connectivity index (χ4v) is 5.39. The number of benzene rings is 2. The van der Waals surface area contributed by atoms with Gasteiger partial charge in [-0.25, -0.2) is 27.5 Å². The Balaban J connectivity index is 1.38. The molecule has 35 heavy (non-hydrogen) atoms. The number of alkyl halides is 2. The number of anilines is 2. The molecule has 3 heterocycles. The van der Waals surface area contributed by atoms with Crippen molar-refractivity contribution in [3.8, 4) is 11.1 Å². The Morgan fingerprint density at radius 1 is 0.886 bits per heavy atom. The average Bonchev–Trinajstić information content (AvgIpc) is 3.20. The number of hydrogen-bond acceptors (Lipinski definition) is 5. The number of hydrogen-bond donors (Lipinski definition) is 1. The number of nitrogens with zero attached hydrogens (tertiary/aromatic N) is 4. The highest BCUT2D eigenvalue weighted by Gasteiger charge is 2.43. The van der Waals surface area contributed by atoms with E-state index in [0.29, 0.717) is 36.8 Å². The number of nitrogens with two attached hydrogens (primary N) is 1. The lowest BCUT2D eigenvalue weighted by molar-refractivity contribution is 0.00261. The van der Waals surface area contributed by atoms with Gasteiger partial charge in [-0.15, -0.1) is 0 Å². The van der Waals surface area contributed by atoms with Crippen molar-refractivity contribution in [2.24, 2.45) is 5.92 Å². The van der Waals surface area contributed by atoms with Crippen molar-refractivity contribution < 1.29 is 17.6 Å². The zero-order chi connectivity index (χ0) is 24.6. The van der Waals surface area contributed by atoms with Crippen molar-refractivity contribution in [1.82, 2.24) is 14.9 Å². The van der Waals surface area contributed by atoms with Crippen molar-refractivity contribution in [2.75, 3.05) is 36.8 Å². The molecule has 0 radical (unpaired) electrons. The van der Waals surface area contributed by atoms with Crippen LogP contribution in [-0.4, -0.2) is 47.0 Å². The van der Waals surface area contributed by atoms with E-state index in [9.17, 15) is 17.6 Å². The Labute approximate surface area is 201 Å². The first-order valence-electron chi connectivity index (χ1n) is 11.8. The van der Waals surface area contributed by atoms with Gasteiger partial charge in [0.25, 0.3) is 5.92 Å². The Hall–Kier alpha value is -3.20. The molecular formula is C26H27F4N5. The lowest BCUT2D eigenvalue weighted by Gasteiger charge is -2.41. The summed E-state index contributed by atoms with van der Waals surface area (Å²) in [6.07, 6.45) is 2.75. The molecule has 0 saturated carbocycles. The molecule has 0 bridgehead atoms. The van der Waals surface area contributed by atoms with Crippen LogP contribution in [0.4, 0.5) is 29.2 Å². The molecule has 5 nitrogen and oxygen atoms in total. The molecular weight excluding hydrogens is 458 g/mol. The molecule has 2 N–H and O–H groups in total. The van der Waals surface area contributed by atoms with E-state index in [1.807, 2.05) is 4.90 Å². The molecule has 0 aliphatic carbocycles. The summed E-state index contributed by atoms with van der Waals surface area (Å²) in [5.41, 5.74) is 8.43. The number of halogens is 4. The van der Waals surface area contributed by atoms with E-state index < -0.39 is 5.92 Å². The van der Waals surface area contributed by atoms with E-state index in [2.05, 4.69) is 14.9 Å². The highest BCUT2D eigenvalue weighted by Crippen LogP contribution is 2.42. The first-order valence-corrected chi connectivity index (χ1v) is 11.8. The Morgan fingerprint density at radius 3 is 2.11 bits per heavy atom. The molecule has 1 unspecified atom stereocenters. The summed E-state index contributed by atoms with van der Waals surface area (Å²) in [6, 6.07) is 12.0. The molecule has 1 atom stereocenters. The Kier molecular flexibility index (Phi) is 6.35. The second-order valence-electron chi connectivity index (χ2n) is 9.36. The zero-order valence-corrected chi connectivity index (χ0v) is 19.2. The second kappa shape index (κ2) is 9.45. The van der Waals surface area contributed by atoms with Crippen LogP contribution in [0.1, 0.15) is 30.9 Å². The van der Waals surface area contributed by atoms with Gasteiger partial charge in [0.05, 0.1) is 12.1 Å². The molecule has 9 heteroatoms. The van der Waals surface area contributed by atoms with Gasteiger partial charge in [0.2, 0.25) is 0 Å². The Morgan fingerprint density at radius 2 is 1.51 bits per heavy atom. The number of nitrogen functional groups attached to an aromatic ring is 1. The molecule has 2 aliphatic heterocycles.